The summed E-state index contributed by atoms with van der Waals surface area (Å²) in [6, 6.07) is 7.28. The molecule has 3 rings (SSSR count). The van der Waals surface area contributed by atoms with Crippen LogP contribution in [0, 0.1) is 11.6 Å². The van der Waals surface area contributed by atoms with E-state index in [1.807, 2.05) is 20.8 Å². The number of halogens is 2. The highest BCUT2D eigenvalue weighted by Crippen LogP contribution is 2.43. The van der Waals surface area contributed by atoms with Crippen molar-refractivity contribution in [3.63, 3.8) is 0 Å². The molecular weight excluding hydrogens is 300 g/mol. The van der Waals surface area contributed by atoms with Gasteiger partial charge in [-0.3, -0.25) is 9.69 Å². The molecule has 120 valence electrons. The number of benzene rings is 2. The van der Waals surface area contributed by atoms with Crippen molar-refractivity contribution in [3.8, 4) is 5.75 Å². The summed E-state index contributed by atoms with van der Waals surface area (Å²) in [5.74, 6) is -2.64. The minimum atomic E-state index is -1.08. The Morgan fingerprint density at radius 1 is 1.13 bits per heavy atom. The van der Waals surface area contributed by atoms with Gasteiger partial charge in [0.15, 0.2) is 11.6 Å². The van der Waals surface area contributed by atoms with Crippen molar-refractivity contribution in [2.24, 2.45) is 0 Å². The van der Waals surface area contributed by atoms with E-state index in [2.05, 4.69) is 0 Å². The molecule has 23 heavy (non-hydrogen) atoms. The molecule has 5 heteroatoms. The topological polar surface area (TPSA) is 40.5 Å². The molecule has 0 spiro atoms. The van der Waals surface area contributed by atoms with E-state index in [9.17, 15) is 18.7 Å². The van der Waals surface area contributed by atoms with Crippen LogP contribution in [0.2, 0.25) is 0 Å². The van der Waals surface area contributed by atoms with Crippen LogP contribution in [0.1, 0.15) is 31.9 Å². The van der Waals surface area contributed by atoms with Gasteiger partial charge >= 0.3 is 0 Å². The largest absolute Gasteiger partial charge is 0.506 e. The molecule has 0 fully saturated rings. The molecule has 0 atom stereocenters. The van der Waals surface area contributed by atoms with Gasteiger partial charge in [0.2, 0.25) is 5.91 Å². The Bertz CT molecular complexity index is 809. The molecule has 1 heterocycles. The smallest absolute Gasteiger partial charge is 0.236 e. The standard InChI is InChI=1S/C18H17F2NO2/c1-18(2,3)11-5-7-14(22)13(9-11)21-15(23)8-10-4-6-12(19)16(20)17(10)21/h4-7,9,22H,8H2,1-3H3. The summed E-state index contributed by atoms with van der Waals surface area (Å²) in [6.07, 6.45) is -0.0221. The number of carbonyl (C=O) groups excluding carboxylic acids is 1. The normalized spacial score (nSPS) is 14.3. The quantitative estimate of drug-likeness (QED) is 0.857. The van der Waals surface area contributed by atoms with E-state index in [1.54, 1.807) is 12.1 Å². The fourth-order valence-corrected chi connectivity index (χ4v) is 2.75. The predicted octanol–water partition coefficient (Wildman–Crippen LogP) is 4.19. The third-order valence-corrected chi connectivity index (χ3v) is 4.05. The maximum Gasteiger partial charge on any atom is 0.236 e. The minimum absolute atomic E-state index is 0.0221. The van der Waals surface area contributed by atoms with Crippen molar-refractivity contribution in [1.29, 1.82) is 0 Å². The number of aromatic hydroxyl groups is 1. The summed E-state index contributed by atoms with van der Waals surface area (Å²) in [5.41, 5.74) is 1.13. The van der Waals surface area contributed by atoms with E-state index in [0.717, 1.165) is 16.5 Å². The van der Waals surface area contributed by atoms with Gasteiger partial charge in [-0.2, -0.15) is 0 Å². The van der Waals surface area contributed by atoms with Crippen molar-refractivity contribution in [2.45, 2.75) is 32.6 Å². The summed E-state index contributed by atoms with van der Waals surface area (Å²) in [4.78, 5) is 13.4. The zero-order valence-corrected chi connectivity index (χ0v) is 13.2. The van der Waals surface area contributed by atoms with E-state index in [1.165, 1.54) is 12.1 Å². The molecule has 0 aromatic heterocycles. The van der Waals surface area contributed by atoms with Crippen molar-refractivity contribution in [2.75, 3.05) is 4.90 Å². The number of amides is 1. The molecule has 1 N–H and O–H groups in total. The molecule has 0 unspecified atom stereocenters. The zero-order valence-electron chi connectivity index (χ0n) is 13.2. The molecule has 0 radical (unpaired) electrons. The summed E-state index contributed by atoms with van der Waals surface area (Å²) in [7, 11) is 0. The minimum Gasteiger partial charge on any atom is -0.506 e. The van der Waals surface area contributed by atoms with Crippen LogP contribution in [0.15, 0.2) is 30.3 Å². The lowest BCUT2D eigenvalue weighted by Crippen LogP contribution is -2.23. The van der Waals surface area contributed by atoms with Gasteiger partial charge in [0.25, 0.3) is 0 Å². The van der Waals surface area contributed by atoms with Gasteiger partial charge in [0.1, 0.15) is 5.75 Å². The first-order valence-electron chi connectivity index (χ1n) is 7.33. The molecule has 3 nitrogen and oxygen atoms in total. The van der Waals surface area contributed by atoms with Crippen molar-refractivity contribution in [3.05, 3.63) is 53.1 Å². The maximum atomic E-state index is 14.2. The molecule has 1 aliphatic heterocycles. The number of carbonyl (C=O) groups is 1. The number of hydrogen-bond donors (Lipinski definition) is 1. The van der Waals surface area contributed by atoms with Gasteiger partial charge in [-0.05, 0) is 34.7 Å². The lowest BCUT2D eigenvalue weighted by atomic mass is 9.86. The molecule has 1 amide bonds. The average Bonchev–Trinajstić information content (AvgIpc) is 2.79. The van der Waals surface area contributed by atoms with Gasteiger partial charge in [0.05, 0.1) is 17.8 Å². The number of rotatable bonds is 1. The van der Waals surface area contributed by atoms with Gasteiger partial charge < -0.3 is 5.11 Å². The van der Waals surface area contributed by atoms with Gasteiger partial charge in [-0.25, -0.2) is 8.78 Å². The number of nitrogens with zero attached hydrogens (tertiary/aromatic N) is 1. The van der Waals surface area contributed by atoms with Crippen LogP contribution in [0.4, 0.5) is 20.2 Å². The Morgan fingerprint density at radius 3 is 2.48 bits per heavy atom. The number of phenols is 1. The first-order valence-corrected chi connectivity index (χ1v) is 7.33. The first kappa shape index (κ1) is 15.5. The van der Waals surface area contributed by atoms with E-state index >= 15 is 0 Å². The van der Waals surface area contributed by atoms with Crippen molar-refractivity contribution < 1.29 is 18.7 Å². The van der Waals surface area contributed by atoms with Gasteiger partial charge in [0, 0.05) is 0 Å². The molecule has 1 aliphatic rings. The predicted molar refractivity (Wildman–Crippen MR) is 84.0 cm³/mol. The lowest BCUT2D eigenvalue weighted by molar-refractivity contribution is -0.116. The number of fused-ring (bicyclic) bond motifs is 1. The van der Waals surface area contributed by atoms with Crippen LogP contribution in [0.25, 0.3) is 0 Å². The van der Waals surface area contributed by atoms with E-state index < -0.39 is 17.5 Å². The summed E-state index contributed by atoms with van der Waals surface area (Å²) < 4.78 is 27.8. The molecule has 2 aromatic rings. The van der Waals surface area contributed by atoms with Crippen molar-refractivity contribution >= 4 is 17.3 Å². The highest BCUT2D eigenvalue weighted by molar-refractivity contribution is 6.08. The van der Waals surface area contributed by atoms with E-state index in [0.29, 0.717) is 5.56 Å². The Kier molecular flexibility index (Phi) is 3.39. The molecule has 2 aromatic carbocycles. The monoisotopic (exact) mass is 317 g/mol. The molecular formula is C18H17F2NO2. The van der Waals surface area contributed by atoms with Crippen LogP contribution in [0.3, 0.4) is 0 Å². The third kappa shape index (κ3) is 2.46. The van der Waals surface area contributed by atoms with E-state index in [-0.39, 0.29) is 29.0 Å². The molecule has 0 saturated heterocycles. The molecule has 0 aliphatic carbocycles. The SMILES string of the molecule is CC(C)(C)c1ccc(O)c(N2C(=O)Cc3ccc(F)c(F)c32)c1. The Balaban J connectivity index is 2.21. The Morgan fingerprint density at radius 2 is 1.83 bits per heavy atom. The second kappa shape index (κ2) is 5.05. The average molecular weight is 317 g/mol. The van der Waals surface area contributed by atoms with Gasteiger partial charge in [-0.1, -0.05) is 32.9 Å². The number of anilines is 2. The number of hydrogen-bond acceptors (Lipinski definition) is 2. The van der Waals surface area contributed by atoms with Crippen molar-refractivity contribution in [1.82, 2.24) is 0 Å². The lowest BCUT2D eigenvalue weighted by Gasteiger charge is -2.24. The zero-order chi connectivity index (χ0) is 16.9. The summed E-state index contributed by atoms with van der Waals surface area (Å²) >= 11 is 0. The molecule has 0 saturated carbocycles. The van der Waals surface area contributed by atoms with E-state index in [4.69, 9.17) is 0 Å². The molecule has 0 bridgehead atoms. The maximum absolute atomic E-state index is 14.2. The van der Waals surface area contributed by atoms with Crippen LogP contribution in [-0.2, 0) is 16.6 Å². The second-order valence-corrected chi connectivity index (χ2v) is 6.73. The number of phenolic OH excluding ortho intramolecular Hbond substituents is 1. The van der Waals surface area contributed by atoms with Crippen LogP contribution >= 0.6 is 0 Å². The second-order valence-electron chi connectivity index (χ2n) is 6.73. The van der Waals surface area contributed by atoms with Crippen LogP contribution in [0.5, 0.6) is 5.75 Å². The summed E-state index contributed by atoms with van der Waals surface area (Å²) in [6.45, 7) is 5.97. The third-order valence-electron chi connectivity index (χ3n) is 4.05. The van der Waals surface area contributed by atoms with Crippen LogP contribution in [-0.4, -0.2) is 11.0 Å². The Labute approximate surface area is 133 Å². The highest BCUT2D eigenvalue weighted by Gasteiger charge is 2.34. The summed E-state index contributed by atoms with van der Waals surface area (Å²) in [5, 5.41) is 10.2. The fraction of sp³-hybridized carbons (Fsp3) is 0.278. The highest BCUT2D eigenvalue weighted by atomic mass is 19.2. The Hall–Kier alpha value is -2.43. The van der Waals surface area contributed by atoms with Gasteiger partial charge in [-0.15, -0.1) is 0 Å². The fourth-order valence-electron chi connectivity index (χ4n) is 2.75. The first-order chi connectivity index (χ1) is 10.7. The van der Waals surface area contributed by atoms with Crippen LogP contribution < -0.4 is 4.90 Å².